The number of benzene rings is 2. The maximum Gasteiger partial charge on any atom is 0.216 e. The number of rotatable bonds is 2. The first-order valence-corrected chi connectivity index (χ1v) is 5.05. The number of phenols is 2. The highest BCUT2D eigenvalue weighted by Crippen LogP contribution is 2.21. The van der Waals surface area contributed by atoms with Gasteiger partial charge in [0, 0.05) is 18.2 Å². The van der Waals surface area contributed by atoms with Gasteiger partial charge in [0.25, 0.3) is 0 Å². The maximum absolute atomic E-state index is 11.7. The van der Waals surface area contributed by atoms with Crippen LogP contribution in [0.4, 0.5) is 5.69 Å². The van der Waals surface area contributed by atoms with E-state index in [1.54, 1.807) is 24.3 Å². The van der Waals surface area contributed by atoms with E-state index >= 15 is 0 Å². The van der Waals surface area contributed by atoms with Crippen LogP contribution in [0.15, 0.2) is 48.5 Å². The Morgan fingerprint density at radius 3 is 2.35 bits per heavy atom. The lowest BCUT2D eigenvalue weighted by Crippen LogP contribution is -1.98. The quantitative estimate of drug-likeness (QED) is 0.359. The molecule has 0 fully saturated rings. The second-order valence-corrected chi connectivity index (χ2v) is 3.53. The summed E-state index contributed by atoms with van der Waals surface area (Å²) in [6, 6.07) is 12.7. The Morgan fingerprint density at radius 1 is 1.00 bits per heavy atom. The summed E-state index contributed by atoms with van der Waals surface area (Å²) in [7, 11) is 0. The molecule has 0 aliphatic heterocycles. The summed E-state index contributed by atoms with van der Waals surface area (Å²) in [5.41, 5.74) is 0.821. The van der Waals surface area contributed by atoms with Crippen LogP contribution in [-0.2, 0) is 0 Å². The summed E-state index contributed by atoms with van der Waals surface area (Å²) in [6.07, 6.45) is 1.25. The molecule has 86 valence electrons. The third kappa shape index (κ3) is 2.55. The standard InChI is InChI=1S/C13H11NO3/c15-12-7-6-10(13(16)8-12)9-14(17)11-4-2-1-3-5-11/h1-9,15-16H. The molecule has 0 aliphatic rings. The Labute approximate surface area is 98.3 Å². The van der Waals surface area contributed by atoms with Crippen molar-refractivity contribution in [1.82, 2.24) is 0 Å². The van der Waals surface area contributed by atoms with Crippen molar-refractivity contribution in [3.8, 4) is 11.5 Å². The lowest BCUT2D eigenvalue weighted by molar-refractivity contribution is -0.354. The monoisotopic (exact) mass is 229 g/mol. The summed E-state index contributed by atoms with van der Waals surface area (Å²) < 4.78 is 0.659. The number of hydrogen-bond donors (Lipinski definition) is 2. The average Bonchev–Trinajstić information content (AvgIpc) is 2.34. The predicted octanol–water partition coefficient (Wildman–Crippen LogP) is 2.36. The highest BCUT2D eigenvalue weighted by atomic mass is 16.5. The van der Waals surface area contributed by atoms with Crippen LogP contribution in [0.3, 0.4) is 0 Å². The van der Waals surface area contributed by atoms with E-state index in [1.807, 2.05) is 6.07 Å². The van der Waals surface area contributed by atoms with Gasteiger partial charge in [0.2, 0.25) is 5.69 Å². The first-order valence-electron chi connectivity index (χ1n) is 5.05. The van der Waals surface area contributed by atoms with E-state index < -0.39 is 0 Å². The van der Waals surface area contributed by atoms with E-state index in [-0.39, 0.29) is 11.5 Å². The van der Waals surface area contributed by atoms with Crippen molar-refractivity contribution in [2.75, 3.05) is 0 Å². The summed E-state index contributed by atoms with van der Waals surface area (Å²) in [5, 5.41) is 30.4. The molecular weight excluding hydrogens is 218 g/mol. The second kappa shape index (κ2) is 4.57. The number of hydrogen-bond acceptors (Lipinski definition) is 3. The molecule has 0 atom stereocenters. The van der Waals surface area contributed by atoms with Gasteiger partial charge in [-0.2, -0.15) is 4.74 Å². The van der Waals surface area contributed by atoms with Gasteiger partial charge in [-0.3, -0.25) is 0 Å². The van der Waals surface area contributed by atoms with Gasteiger partial charge in [0.15, 0.2) is 6.21 Å². The van der Waals surface area contributed by atoms with Gasteiger partial charge in [-0.25, -0.2) is 0 Å². The number of aromatic hydroxyl groups is 2. The molecule has 2 aromatic carbocycles. The summed E-state index contributed by atoms with van der Waals surface area (Å²) in [6.45, 7) is 0. The normalized spacial score (nSPS) is 11.4. The van der Waals surface area contributed by atoms with Crippen molar-refractivity contribution >= 4 is 11.9 Å². The van der Waals surface area contributed by atoms with Crippen molar-refractivity contribution in [2.45, 2.75) is 0 Å². The Balaban J connectivity index is 2.36. The fourth-order valence-corrected chi connectivity index (χ4v) is 1.42. The smallest absolute Gasteiger partial charge is 0.216 e. The zero-order valence-electron chi connectivity index (χ0n) is 8.95. The van der Waals surface area contributed by atoms with Crippen LogP contribution in [0.1, 0.15) is 5.56 Å². The van der Waals surface area contributed by atoms with Crippen LogP contribution in [0.5, 0.6) is 11.5 Å². The molecule has 2 aromatic rings. The molecule has 2 N–H and O–H groups in total. The molecule has 0 aromatic heterocycles. The van der Waals surface area contributed by atoms with Crippen molar-refractivity contribution in [2.24, 2.45) is 0 Å². The molecule has 17 heavy (non-hydrogen) atoms. The van der Waals surface area contributed by atoms with Gasteiger partial charge in [-0.15, -0.1) is 0 Å². The highest BCUT2D eigenvalue weighted by molar-refractivity contribution is 5.81. The Morgan fingerprint density at radius 2 is 1.71 bits per heavy atom. The zero-order chi connectivity index (χ0) is 12.3. The molecule has 0 saturated carbocycles. The summed E-state index contributed by atoms with van der Waals surface area (Å²) >= 11 is 0. The lowest BCUT2D eigenvalue weighted by Gasteiger charge is -2.03. The van der Waals surface area contributed by atoms with E-state index in [1.165, 1.54) is 24.4 Å². The van der Waals surface area contributed by atoms with Crippen LogP contribution in [-0.4, -0.2) is 21.2 Å². The molecule has 2 rings (SSSR count). The number of nitrogens with zero attached hydrogens (tertiary/aromatic N) is 1. The largest absolute Gasteiger partial charge is 0.618 e. The number of para-hydroxylation sites is 1. The topological polar surface area (TPSA) is 66.5 Å². The molecule has 0 bridgehead atoms. The van der Waals surface area contributed by atoms with Crippen molar-refractivity contribution in [3.05, 3.63) is 59.3 Å². The fourth-order valence-electron chi connectivity index (χ4n) is 1.42. The van der Waals surface area contributed by atoms with Crippen molar-refractivity contribution < 1.29 is 15.0 Å². The van der Waals surface area contributed by atoms with E-state index in [9.17, 15) is 10.3 Å². The molecule has 4 nitrogen and oxygen atoms in total. The van der Waals surface area contributed by atoms with Gasteiger partial charge in [-0.05, 0) is 12.1 Å². The van der Waals surface area contributed by atoms with E-state index in [0.717, 1.165) is 0 Å². The molecule has 4 heteroatoms. The van der Waals surface area contributed by atoms with Crippen molar-refractivity contribution in [1.29, 1.82) is 0 Å². The van der Waals surface area contributed by atoms with Crippen LogP contribution in [0.2, 0.25) is 0 Å². The van der Waals surface area contributed by atoms with Crippen LogP contribution >= 0.6 is 0 Å². The minimum Gasteiger partial charge on any atom is -0.618 e. The SMILES string of the molecule is [O-][N+](=Cc1ccc(O)cc1O)c1ccccc1. The predicted molar refractivity (Wildman–Crippen MR) is 64.7 cm³/mol. The molecule has 0 spiro atoms. The van der Waals surface area contributed by atoms with Gasteiger partial charge in [0.1, 0.15) is 11.5 Å². The second-order valence-electron chi connectivity index (χ2n) is 3.53. The van der Waals surface area contributed by atoms with E-state index in [0.29, 0.717) is 16.0 Å². The first-order chi connectivity index (χ1) is 8.16. The molecule has 0 amide bonds. The molecule has 0 aliphatic carbocycles. The van der Waals surface area contributed by atoms with E-state index in [2.05, 4.69) is 0 Å². The maximum atomic E-state index is 11.7. The van der Waals surface area contributed by atoms with Crippen molar-refractivity contribution in [3.63, 3.8) is 0 Å². The minimum absolute atomic E-state index is 0.0446. The van der Waals surface area contributed by atoms with Gasteiger partial charge in [-0.1, -0.05) is 18.2 Å². The first kappa shape index (κ1) is 11.0. The molecule has 0 heterocycles. The van der Waals surface area contributed by atoms with Crippen LogP contribution < -0.4 is 0 Å². The minimum atomic E-state index is -0.137. The Hall–Kier alpha value is -2.49. The summed E-state index contributed by atoms with van der Waals surface area (Å²) in [4.78, 5) is 0. The van der Waals surface area contributed by atoms with E-state index in [4.69, 9.17) is 5.11 Å². The third-order valence-corrected chi connectivity index (χ3v) is 2.28. The average molecular weight is 229 g/mol. The molecule has 0 radical (unpaired) electrons. The van der Waals surface area contributed by atoms with Gasteiger partial charge >= 0.3 is 0 Å². The highest BCUT2D eigenvalue weighted by Gasteiger charge is 2.05. The molecular formula is C13H11NO3. The Bertz CT molecular complexity index is 550. The molecule has 0 unspecified atom stereocenters. The van der Waals surface area contributed by atoms with Crippen LogP contribution in [0, 0.1) is 5.21 Å². The third-order valence-electron chi connectivity index (χ3n) is 2.28. The van der Waals surface area contributed by atoms with Crippen LogP contribution in [0.25, 0.3) is 0 Å². The van der Waals surface area contributed by atoms with Gasteiger partial charge < -0.3 is 15.4 Å². The number of phenolic OH excluding ortho intramolecular Hbond substituents is 2. The fraction of sp³-hybridized carbons (Fsp3) is 0. The van der Waals surface area contributed by atoms with Gasteiger partial charge in [0.05, 0.1) is 5.56 Å². The molecule has 0 saturated heterocycles. The summed E-state index contributed by atoms with van der Waals surface area (Å²) in [5.74, 6) is -0.182. The Kier molecular flexibility index (Phi) is 2.96. The lowest BCUT2D eigenvalue weighted by atomic mass is 10.2. The zero-order valence-corrected chi connectivity index (χ0v) is 8.95.